The number of carbonyl (C=O) groups excluding carboxylic acids is 1. The molecule has 1 saturated carbocycles. The molecule has 3 rings (SSSR count). The largest absolute Gasteiger partial charge is 0.357 e. The molecule has 2 aliphatic rings. The molecule has 6 nitrogen and oxygen atoms in total. The zero-order valence-electron chi connectivity index (χ0n) is 17.5. The maximum Gasteiger partial charge on any atom is 0.220 e. The Labute approximate surface area is 192 Å². The smallest absolute Gasteiger partial charge is 0.220 e. The molecule has 1 aliphatic heterocycles. The molecule has 1 amide bonds. The molecule has 0 unspecified atom stereocenters. The SMILES string of the molecule is CCNC(=NCCCC(=O)NC1CC1)NC1CCN(Cc2ccccc2)CC1.I. The Bertz CT molecular complexity index is 627. The van der Waals surface area contributed by atoms with Crippen LogP contribution in [0.4, 0.5) is 0 Å². The van der Waals surface area contributed by atoms with E-state index in [9.17, 15) is 4.79 Å². The van der Waals surface area contributed by atoms with E-state index >= 15 is 0 Å². The lowest BCUT2D eigenvalue weighted by Crippen LogP contribution is -2.48. The number of benzene rings is 1. The predicted octanol–water partition coefficient (Wildman–Crippen LogP) is 2.88. The number of halogens is 1. The fourth-order valence-corrected chi connectivity index (χ4v) is 3.55. The van der Waals surface area contributed by atoms with Crippen LogP contribution < -0.4 is 16.0 Å². The van der Waals surface area contributed by atoms with Crippen molar-refractivity contribution in [2.75, 3.05) is 26.2 Å². The monoisotopic (exact) mass is 513 g/mol. The van der Waals surface area contributed by atoms with Gasteiger partial charge in [-0.15, -0.1) is 24.0 Å². The molecule has 0 radical (unpaired) electrons. The lowest BCUT2D eigenvalue weighted by molar-refractivity contribution is -0.121. The summed E-state index contributed by atoms with van der Waals surface area (Å²) in [7, 11) is 0. The third-order valence-electron chi connectivity index (χ3n) is 5.30. The molecular formula is C22H36IN5O. The number of guanidine groups is 1. The summed E-state index contributed by atoms with van der Waals surface area (Å²) in [6.07, 6.45) is 5.90. The van der Waals surface area contributed by atoms with Crippen molar-refractivity contribution in [2.24, 2.45) is 4.99 Å². The Morgan fingerprint density at radius 1 is 1.07 bits per heavy atom. The van der Waals surface area contributed by atoms with Crippen LogP contribution in [0.3, 0.4) is 0 Å². The molecule has 1 heterocycles. The van der Waals surface area contributed by atoms with Crippen LogP contribution in [-0.2, 0) is 11.3 Å². The lowest BCUT2D eigenvalue weighted by Gasteiger charge is -2.33. The molecule has 29 heavy (non-hydrogen) atoms. The van der Waals surface area contributed by atoms with Gasteiger partial charge in [0.15, 0.2) is 5.96 Å². The maximum absolute atomic E-state index is 11.7. The van der Waals surface area contributed by atoms with Crippen LogP contribution >= 0.6 is 24.0 Å². The summed E-state index contributed by atoms with van der Waals surface area (Å²) < 4.78 is 0. The second-order valence-corrected chi connectivity index (χ2v) is 7.89. The number of hydrogen-bond acceptors (Lipinski definition) is 3. The van der Waals surface area contributed by atoms with Crippen molar-refractivity contribution in [1.82, 2.24) is 20.9 Å². The summed E-state index contributed by atoms with van der Waals surface area (Å²) in [5.41, 5.74) is 1.38. The molecule has 0 atom stereocenters. The van der Waals surface area contributed by atoms with Gasteiger partial charge in [-0.2, -0.15) is 0 Å². The fraction of sp³-hybridized carbons (Fsp3) is 0.636. The highest BCUT2D eigenvalue weighted by atomic mass is 127. The highest BCUT2D eigenvalue weighted by Gasteiger charge is 2.23. The van der Waals surface area contributed by atoms with Crippen molar-refractivity contribution < 1.29 is 4.79 Å². The van der Waals surface area contributed by atoms with Crippen molar-refractivity contribution in [3.63, 3.8) is 0 Å². The third kappa shape index (κ3) is 9.33. The van der Waals surface area contributed by atoms with Crippen molar-refractivity contribution in [3.05, 3.63) is 35.9 Å². The van der Waals surface area contributed by atoms with Crippen LogP contribution in [0.5, 0.6) is 0 Å². The molecule has 7 heteroatoms. The fourth-order valence-electron chi connectivity index (χ4n) is 3.55. The van der Waals surface area contributed by atoms with Crippen molar-refractivity contribution in [2.45, 2.75) is 64.1 Å². The summed E-state index contributed by atoms with van der Waals surface area (Å²) >= 11 is 0. The Hall–Kier alpha value is -1.35. The molecule has 162 valence electrons. The molecule has 0 bridgehead atoms. The van der Waals surface area contributed by atoms with Gasteiger partial charge in [0.05, 0.1) is 0 Å². The molecule has 3 N–H and O–H groups in total. The minimum Gasteiger partial charge on any atom is -0.357 e. The van der Waals surface area contributed by atoms with Gasteiger partial charge >= 0.3 is 0 Å². The normalized spacial score (nSPS) is 18.0. The van der Waals surface area contributed by atoms with Gasteiger partial charge in [0, 0.05) is 51.2 Å². The zero-order valence-corrected chi connectivity index (χ0v) is 19.9. The summed E-state index contributed by atoms with van der Waals surface area (Å²) in [4.78, 5) is 18.9. The first-order valence-corrected chi connectivity index (χ1v) is 10.8. The lowest BCUT2D eigenvalue weighted by atomic mass is 10.0. The Morgan fingerprint density at radius 3 is 2.41 bits per heavy atom. The molecule has 0 aromatic heterocycles. The summed E-state index contributed by atoms with van der Waals surface area (Å²) in [5.74, 6) is 1.05. The minimum absolute atomic E-state index is 0. The van der Waals surface area contributed by atoms with E-state index in [1.165, 1.54) is 5.56 Å². The number of aliphatic imine (C=N–C) groups is 1. The van der Waals surface area contributed by atoms with E-state index in [2.05, 4.69) is 63.1 Å². The molecule has 1 saturated heterocycles. The zero-order chi connectivity index (χ0) is 19.6. The Kier molecular flexibility index (Phi) is 10.8. The number of amides is 1. The van der Waals surface area contributed by atoms with Crippen LogP contribution in [0.2, 0.25) is 0 Å². The van der Waals surface area contributed by atoms with Gasteiger partial charge in [-0.05, 0) is 44.6 Å². The number of rotatable bonds is 9. The number of hydrogen-bond donors (Lipinski definition) is 3. The molecule has 1 aromatic rings. The van der Waals surface area contributed by atoms with Gasteiger partial charge in [0.2, 0.25) is 5.91 Å². The van der Waals surface area contributed by atoms with Gasteiger partial charge in [-0.3, -0.25) is 14.7 Å². The van der Waals surface area contributed by atoms with E-state index in [4.69, 9.17) is 0 Å². The average molecular weight is 513 g/mol. The first-order valence-electron chi connectivity index (χ1n) is 10.8. The topological polar surface area (TPSA) is 68.8 Å². The number of likely N-dealkylation sites (tertiary alicyclic amines) is 1. The second kappa shape index (κ2) is 13.1. The van der Waals surface area contributed by atoms with Crippen LogP contribution in [0.25, 0.3) is 0 Å². The number of nitrogens with one attached hydrogen (secondary N) is 3. The maximum atomic E-state index is 11.7. The highest BCUT2D eigenvalue weighted by molar-refractivity contribution is 14.0. The summed E-state index contributed by atoms with van der Waals surface area (Å²) in [6.45, 7) is 6.86. The summed E-state index contributed by atoms with van der Waals surface area (Å²) in [5, 5.41) is 9.95. The van der Waals surface area contributed by atoms with E-state index in [0.717, 1.165) is 64.2 Å². The van der Waals surface area contributed by atoms with Gasteiger partial charge in [0.1, 0.15) is 0 Å². The Balaban J connectivity index is 0.00000300. The number of carbonyl (C=O) groups is 1. The molecular weight excluding hydrogens is 477 g/mol. The second-order valence-electron chi connectivity index (χ2n) is 7.89. The summed E-state index contributed by atoms with van der Waals surface area (Å²) in [6, 6.07) is 11.6. The molecule has 2 fully saturated rings. The molecule has 0 spiro atoms. The van der Waals surface area contributed by atoms with Gasteiger partial charge in [0.25, 0.3) is 0 Å². The Morgan fingerprint density at radius 2 is 1.76 bits per heavy atom. The van der Waals surface area contributed by atoms with Gasteiger partial charge < -0.3 is 16.0 Å². The van der Waals surface area contributed by atoms with Crippen LogP contribution in [0, 0.1) is 0 Å². The van der Waals surface area contributed by atoms with Gasteiger partial charge in [-0.25, -0.2) is 0 Å². The van der Waals surface area contributed by atoms with E-state index in [1.54, 1.807) is 0 Å². The van der Waals surface area contributed by atoms with Crippen LogP contribution in [0.15, 0.2) is 35.3 Å². The van der Waals surface area contributed by atoms with E-state index in [0.29, 0.717) is 25.0 Å². The first-order chi connectivity index (χ1) is 13.7. The predicted molar refractivity (Wildman–Crippen MR) is 130 cm³/mol. The van der Waals surface area contributed by atoms with Crippen LogP contribution in [-0.4, -0.2) is 55.0 Å². The molecule has 1 aliphatic carbocycles. The molecule has 1 aromatic carbocycles. The van der Waals surface area contributed by atoms with Crippen molar-refractivity contribution in [3.8, 4) is 0 Å². The third-order valence-corrected chi connectivity index (χ3v) is 5.30. The van der Waals surface area contributed by atoms with Crippen molar-refractivity contribution in [1.29, 1.82) is 0 Å². The van der Waals surface area contributed by atoms with E-state index in [1.807, 2.05) is 0 Å². The number of nitrogens with zero attached hydrogens (tertiary/aromatic N) is 2. The quantitative estimate of drug-likeness (QED) is 0.206. The first kappa shape index (κ1) is 23.9. The van der Waals surface area contributed by atoms with E-state index < -0.39 is 0 Å². The number of piperidine rings is 1. The minimum atomic E-state index is 0. The van der Waals surface area contributed by atoms with E-state index in [-0.39, 0.29) is 29.9 Å². The standard InChI is InChI=1S/C22H35N5O.HI/c1-2-23-22(24-14-6-9-21(28)25-19-10-11-19)26-20-12-15-27(16-13-20)17-18-7-4-3-5-8-18;/h3-5,7-8,19-20H,2,6,9-17H2,1H3,(H,25,28)(H2,23,24,26);1H. The van der Waals surface area contributed by atoms with Crippen molar-refractivity contribution >= 4 is 35.8 Å². The van der Waals surface area contributed by atoms with Crippen LogP contribution in [0.1, 0.15) is 51.0 Å². The van der Waals surface area contributed by atoms with Gasteiger partial charge in [-0.1, -0.05) is 30.3 Å². The average Bonchev–Trinajstić information content (AvgIpc) is 3.51. The highest BCUT2D eigenvalue weighted by Crippen LogP contribution is 2.18.